The van der Waals surface area contributed by atoms with Crippen molar-refractivity contribution in [2.75, 3.05) is 6.54 Å². The zero-order valence-electron chi connectivity index (χ0n) is 16.2. The van der Waals surface area contributed by atoms with Crippen LogP contribution in [0.1, 0.15) is 24.8 Å². The molecule has 1 aliphatic heterocycles. The van der Waals surface area contributed by atoms with Crippen LogP contribution in [0.5, 0.6) is 0 Å². The molecule has 4 rings (SSSR count). The molecule has 2 N–H and O–H groups in total. The third-order valence-electron chi connectivity index (χ3n) is 5.50. The fraction of sp³-hybridized carbons (Fsp3) is 0.364. The van der Waals surface area contributed by atoms with Gasteiger partial charge in [-0.15, -0.1) is 0 Å². The highest BCUT2D eigenvalue weighted by atomic mass is 19.4. The van der Waals surface area contributed by atoms with Crippen LogP contribution in [-0.2, 0) is 17.5 Å². The Morgan fingerprint density at radius 3 is 2.70 bits per heavy atom. The van der Waals surface area contributed by atoms with E-state index in [9.17, 15) is 23.1 Å². The van der Waals surface area contributed by atoms with E-state index in [1.165, 1.54) is 18.5 Å². The normalized spacial score (nSPS) is 19.9. The van der Waals surface area contributed by atoms with Gasteiger partial charge in [0, 0.05) is 18.0 Å². The number of nitrogens with zero attached hydrogens (tertiary/aromatic N) is 2. The quantitative estimate of drug-likeness (QED) is 0.663. The second-order valence-corrected chi connectivity index (χ2v) is 7.60. The molecule has 1 fully saturated rings. The summed E-state index contributed by atoms with van der Waals surface area (Å²) in [7, 11) is 0. The summed E-state index contributed by atoms with van der Waals surface area (Å²) in [5.74, 6) is -0.119. The van der Waals surface area contributed by atoms with E-state index in [0.29, 0.717) is 23.0 Å². The molecule has 5 nitrogen and oxygen atoms in total. The van der Waals surface area contributed by atoms with Gasteiger partial charge < -0.3 is 15.0 Å². The third-order valence-corrected chi connectivity index (χ3v) is 5.50. The minimum absolute atomic E-state index is 0.0212. The minimum atomic E-state index is -4.50. The number of aromatic nitrogens is 2. The molecule has 1 aliphatic rings. The molecule has 0 amide bonds. The van der Waals surface area contributed by atoms with Crippen LogP contribution in [0, 0.1) is 0 Å². The molecular formula is C22H22F3N3O2. The maximum absolute atomic E-state index is 13.6. The average Bonchev–Trinajstić information content (AvgIpc) is 3.12. The van der Waals surface area contributed by atoms with Crippen molar-refractivity contribution in [1.82, 2.24) is 14.9 Å². The van der Waals surface area contributed by atoms with E-state index in [0.717, 1.165) is 19.0 Å². The second kappa shape index (κ2) is 8.20. The van der Waals surface area contributed by atoms with E-state index in [4.69, 9.17) is 0 Å². The Morgan fingerprint density at radius 1 is 1.17 bits per heavy atom. The molecule has 158 valence electrons. The monoisotopic (exact) mass is 417 g/mol. The topological polar surface area (TPSA) is 67.2 Å². The lowest BCUT2D eigenvalue weighted by atomic mass is 9.96. The van der Waals surface area contributed by atoms with Crippen molar-refractivity contribution < 1.29 is 23.1 Å². The molecule has 0 spiro atoms. The molecule has 2 aromatic carbocycles. The predicted octanol–water partition coefficient (Wildman–Crippen LogP) is 3.79. The number of fused-ring (bicyclic) bond motifs is 1. The molecule has 1 aromatic heterocycles. The highest BCUT2D eigenvalue weighted by molar-refractivity contribution is 5.94. The SMILES string of the molecule is O=C(CC1NCCCC1O)Cn1cnc2cccc(-c3ccccc3C(F)(F)F)c21. The number of imidazole rings is 1. The van der Waals surface area contributed by atoms with Gasteiger partial charge in [-0.05, 0) is 37.1 Å². The van der Waals surface area contributed by atoms with Gasteiger partial charge in [-0.3, -0.25) is 4.79 Å². The Morgan fingerprint density at radius 2 is 1.93 bits per heavy atom. The van der Waals surface area contributed by atoms with E-state index < -0.39 is 17.8 Å². The number of ketones is 1. The Hall–Kier alpha value is -2.71. The summed E-state index contributed by atoms with van der Waals surface area (Å²) >= 11 is 0. The zero-order valence-corrected chi connectivity index (χ0v) is 16.2. The fourth-order valence-electron chi connectivity index (χ4n) is 4.07. The van der Waals surface area contributed by atoms with Crippen molar-refractivity contribution in [1.29, 1.82) is 0 Å². The van der Waals surface area contributed by atoms with Gasteiger partial charge in [0.15, 0.2) is 5.78 Å². The standard InChI is InChI=1S/C22H22F3N3O2/c23-22(24,25)17-7-2-1-5-15(17)16-6-3-8-18-21(16)28(13-27-18)12-14(29)11-19-20(30)9-4-10-26-19/h1-3,5-8,13,19-20,26,30H,4,9-12H2. The number of aliphatic hydroxyl groups excluding tert-OH is 1. The number of nitrogens with one attached hydrogen (secondary N) is 1. The first-order valence-electron chi connectivity index (χ1n) is 9.88. The highest BCUT2D eigenvalue weighted by Crippen LogP contribution is 2.39. The number of carbonyl (C=O) groups is 1. The molecule has 1 saturated heterocycles. The average molecular weight is 417 g/mol. The summed E-state index contributed by atoms with van der Waals surface area (Å²) in [4.78, 5) is 16.9. The Bertz CT molecular complexity index is 1060. The summed E-state index contributed by atoms with van der Waals surface area (Å²) in [5.41, 5.74) is 0.703. The fourth-order valence-corrected chi connectivity index (χ4v) is 4.07. The largest absolute Gasteiger partial charge is 0.417 e. The zero-order chi connectivity index (χ0) is 21.3. The van der Waals surface area contributed by atoms with Gasteiger partial charge in [0.05, 0.1) is 35.6 Å². The third kappa shape index (κ3) is 4.11. The van der Waals surface area contributed by atoms with E-state index in [-0.39, 0.29) is 30.4 Å². The van der Waals surface area contributed by atoms with Crippen LogP contribution in [0.25, 0.3) is 22.2 Å². The summed E-state index contributed by atoms with van der Waals surface area (Å²) in [5, 5.41) is 13.2. The lowest BCUT2D eigenvalue weighted by Gasteiger charge is -2.28. The first kappa shape index (κ1) is 20.6. The van der Waals surface area contributed by atoms with Gasteiger partial charge in [0.1, 0.15) is 0 Å². The van der Waals surface area contributed by atoms with Crippen LogP contribution in [-0.4, -0.2) is 39.1 Å². The van der Waals surface area contributed by atoms with E-state index in [2.05, 4.69) is 10.3 Å². The molecular weight excluding hydrogens is 395 g/mol. The highest BCUT2D eigenvalue weighted by Gasteiger charge is 2.34. The molecule has 3 aromatic rings. The molecule has 0 saturated carbocycles. The van der Waals surface area contributed by atoms with Crippen LogP contribution in [0.2, 0.25) is 0 Å². The predicted molar refractivity (Wildman–Crippen MR) is 107 cm³/mol. The number of aliphatic hydroxyl groups is 1. The lowest BCUT2D eigenvalue weighted by Crippen LogP contribution is -2.46. The molecule has 2 atom stereocenters. The van der Waals surface area contributed by atoms with E-state index in [1.807, 2.05) is 0 Å². The summed E-state index contributed by atoms with van der Waals surface area (Å²) in [6.45, 7) is 0.730. The number of para-hydroxylation sites is 1. The van der Waals surface area contributed by atoms with Crippen molar-refractivity contribution in [2.45, 2.75) is 44.1 Å². The first-order valence-corrected chi connectivity index (χ1v) is 9.88. The lowest BCUT2D eigenvalue weighted by molar-refractivity contribution is -0.137. The number of piperidine rings is 1. The Kier molecular flexibility index (Phi) is 5.62. The maximum Gasteiger partial charge on any atom is 0.417 e. The van der Waals surface area contributed by atoms with Crippen LogP contribution in [0.4, 0.5) is 13.2 Å². The van der Waals surface area contributed by atoms with E-state index in [1.54, 1.807) is 28.8 Å². The van der Waals surface area contributed by atoms with Crippen molar-refractivity contribution in [2.24, 2.45) is 0 Å². The molecule has 2 heterocycles. The molecule has 0 radical (unpaired) electrons. The van der Waals surface area contributed by atoms with Gasteiger partial charge in [-0.2, -0.15) is 13.2 Å². The summed E-state index contributed by atoms with van der Waals surface area (Å²) in [6, 6.07) is 10.1. The van der Waals surface area contributed by atoms with Gasteiger partial charge in [0.2, 0.25) is 0 Å². The summed E-state index contributed by atoms with van der Waals surface area (Å²) in [6.07, 6.45) is -1.93. The van der Waals surface area contributed by atoms with Crippen LogP contribution in [0.15, 0.2) is 48.8 Å². The number of Topliss-reactive ketones (excluding diaryl/α,β-unsaturated/α-hetero) is 1. The van der Waals surface area contributed by atoms with Gasteiger partial charge in [-0.1, -0.05) is 30.3 Å². The number of alkyl halides is 3. The summed E-state index contributed by atoms with van der Waals surface area (Å²) < 4.78 is 42.3. The molecule has 8 heteroatoms. The smallest absolute Gasteiger partial charge is 0.391 e. The second-order valence-electron chi connectivity index (χ2n) is 7.60. The Balaban J connectivity index is 1.68. The van der Waals surface area contributed by atoms with E-state index >= 15 is 0 Å². The van der Waals surface area contributed by atoms with Crippen LogP contribution >= 0.6 is 0 Å². The molecule has 0 bridgehead atoms. The van der Waals surface area contributed by atoms with Crippen molar-refractivity contribution in [3.05, 3.63) is 54.4 Å². The minimum Gasteiger partial charge on any atom is -0.391 e. The first-order chi connectivity index (χ1) is 14.3. The number of carbonyl (C=O) groups excluding carboxylic acids is 1. The van der Waals surface area contributed by atoms with Crippen LogP contribution in [0.3, 0.4) is 0 Å². The Labute approximate surface area is 171 Å². The number of rotatable bonds is 5. The van der Waals surface area contributed by atoms with Gasteiger partial charge >= 0.3 is 6.18 Å². The number of hydrogen-bond acceptors (Lipinski definition) is 4. The van der Waals surface area contributed by atoms with Gasteiger partial charge in [0.25, 0.3) is 0 Å². The number of hydrogen-bond donors (Lipinski definition) is 2. The number of benzene rings is 2. The van der Waals surface area contributed by atoms with Crippen LogP contribution < -0.4 is 5.32 Å². The molecule has 0 aliphatic carbocycles. The van der Waals surface area contributed by atoms with Crippen molar-refractivity contribution >= 4 is 16.8 Å². The van der Waals surface area contributed by atoms with Gasteiger partial charge in [-0.25, -0.2) is 4.98 Å². The van der Waals surface area contributed by atoms with Crippen molar-refractivity contribution in [3.8, 4) is 11.1 Å². The van der Waals surface area contributed by atoms with Crippen molar-refractivity contribution in [3.63, 3.8) is 0 Å². The molecule has 2 unspecified atom stereocenters. The number of halogens is 3. The maximum atomic E-state index is 13.6. The molecule has 30 heavy (non-hydrogen) atoms.